The maximum atomic E-state index is 10.5. The van der Waals surface area contributed by atoms with Gasteiger partial charge in [-0.1, -0.05) is 42.4 Å². The molecule has 0 aliphatic carbocycles. The van der Waals surface area contributed by atoms with E-state index in [1.54, 1.807) is 12.1 Å². The number of nitro groups is 1. The minimum absolute atomic E-state index is 0.125. The standard InChI is InChI=1S/C12H14BNO2/c1-3-9-13(10-4-2)11-5-7-12(8-6-11)14(15)16/h3-8H,1-2,9-10H2. The molecule has 0 radical (unpaired) electrons. The maximum absolute atomic E-state index is 10.5. The molecule has 0 saturated carbocycles. The average molecular weight is 215 g/mol. The van der Waals surface area contributed by atoms with Crippen molar-refractivity contribution in [2.75, 3.05) is 0 Å². The smallest absolute Gasteiger partial charge is 0.258 e. The van der Waals surface area contributed by atoms with Gasteiger partial charge in [0.15, 0.2) is 6.71 Å². The number of hydrogen-bond donors (Lipinski definition) is 0. The third-order valence-electron chi connectivity index (χ3n) is 2.48. The second kappa shape index (κ2) is 5.90. The Morgan fingerprint density at radius 3 is 2.06 bits per heavy atom. The lowest BCUT2D eigenvalue weighted by atomic mass is 9.41. The molecule has 3 nitrogen and oxygen atoms in total. The SMILES string of the molecule is C=CCB(CC=C)c1ccc([N+](=O)[O-])cc1. The summed E-state index contributed by atoms with van der Waals surface area (Å²) < 4.78 is 0. The normalized spacial score (nSPS) is 9.50. The van der Waals surface area contributed by atoms with Gasteiger partial charge < -0.3 is 0 Å². The molecule has 0 atom stereocenters. The first-order chi connectivity index (χ1) is 7.69. The van der Waals surface area contributed by atoms with Crippen LogP contribution in [0.3, 0.4) is 0 Å². The molecule has 82 valence electrons. The fraction of sp³-hybridized carbons (Fsp3) is 0.167. The van der Waals surface area contributed by atoms with Crippen LogP contribution in [-0.4, -0.2) is 11.6 Å². The second-order valence-electron chi connectivity index (χ2n) is 3.59. The third kappa shape index (κ3) is 3.09. The molecule has 0 spiro atoms. The highest BCUT2D eigenvalue weighted by Crippen LogP contribution is 2.10. The summed E-state index contributed by atoms with van der Waals surface area (Å²) in [5, 5.41) is 10.5. The summed E-state index contributed by atoms with van der Waals surface area (Å²) in [6, 6.07) is 6.68. The predicted molar refractivity (Wildman–Crippen MR) is 68.5 cm³/mol. The third-order valence-corrected chi connectivity index (χ3v) is 2.48. The van der Waals surface area contributed by atoms with Gasteiger partial charge in [-0.25, -0.2) is 0 Å². The van der Waals surface area contributed by atoms with Gasteiger partial charge in [-0.05, 0) is 0 Å². The fourth-order valence-electron chi connectivity index (χ4n) is 1.64. The summed E-state index contributed by atoms with van der Waals surface area (Å²) in [5.74, 6) is 0. The highest BCUT2D eigenvalue weighted by atomic mass is 16.6. The highest BCUT2D eigenvalue weighted by molar-refractivity contribution is 6.74. The Hall–Kier alpha value is -1.84. The van der Waals surface area contributed by atoms with Crippen molar-refractivity contribution < 1.29 is 4.92 Å². The van der Waals surface area contributed by atoms with E-state index in [0.29, 0.717) is 6.71 Å². The van der Waals surface area contributed by atoms with E-state index in [1.807, 2.05) is 12.2 Å². The number of nitrogens with zero attached hydrogens (tertiary/aromatic N) is 1. The van der Waals surface area contributed by atoms with Crippen molar-refractivity contribution in [2.24, 2.45) is 0 Å². The largest absolute Gasteiger partial charge is 0.269 e. The quantitative estimate of drug-likeness (QED) is 0.317. The monoisotopic (exact) mass is 215 g/mol. The first-order valence-corrected chi connectivity index (χ1v) is 5.15. The summed E-state index contributed by atoms with van der Waals surface area (Å²) in [6.07, 6.45) is 5.42. The molecule has 1 aromatic carbocycles. The molecule has 4 heteroatoms. The van der Waals surface area contributed by atoms with E-state index in [0.717, 1.165) is 18.1 Å². The fourth-order valence-corrected chi connectivity index (χ4v) is 1.64. The van der Waals surface area contributed by atoms with E-state index in [9.17, 15) is 10.1 Å². The number of allylic oxidation sites excluding steroid dienone is 2. The number of non-ortho nitro benzene ring substituents is 1. The maximum Gasteiger partial charge on any atom is 0.269 e. The molecule has 0 fully saturated rings. The van der Waals surface area contributed by atoms with Gasteiger partial charge in [-0.3, -0.25) is 10.1 Å². The lowest BCUT2D eigenvalue weighted by Crippen LogP contribution is -2.28. The molecule has 0 N–H and O–H groups in total. The Balaban J connectivity index is 2.88. The van der Waals surface area contributed by atoms with Crippen LogP contribution in [0.4, 0.5) is 5.69 Å². The second-order valence-corrected chi connectivity index (χ2v) is 3.59. The van der Waals surface area contributed by atoms with Crippen LogP contribution in [0, 0.1) is 10.1 Å². The Bertz CT molecular complexity index is 377. The number of benzene rings is 1. The summed E-state index contributed by atoms with van der Waals surface area (Å²) in [4.78, 5) is 10.1. The minimum atomic E-state index is -0.389. The molecule has 16 heavy (non-hydrogen) atoms. The van der Waals surface area contributed by atoms with Crippen LogP contribution >= 0.6 is 0 Å². The first kappa shape index (κ1) is 12.2. The van der Waals surface area contributed by atoms with E-state index in [4.69, 9.17) is 0 Å². The topological polar surface area (TPSA) is 43.1 Å². The molecular formula is C12H14BNO2. The van der Waals surface area contributed by atoms with Crippen LogP contribution in [-0.2, 0) is 0 Å². The van der Waals surface area contributed by atoms with Crippen molar-refractivity contribution in [3.05, 3.63) is 59.7 Å². The average Bonchev–Trinajstić information content (AvgIpc) is 2.29. The van der Waals surface area contributed by atoms with E-state index in [1.165, 1.54) is 12.1 Å². The molecule has 0 bridgehead atoms. The van der Waals surface area contributed by atoms with E-state index >= 15 is 0 Å². The zero-order chi connectivity index (χ0) is 12.0. The van der Waals surface area contributed by atoms with Crippen LogP contribution in [0.5, 0.6) is 0 Å². The Kier molecular flexibility index (Phi) is 4.52. The van der Waals surface area contributed by atoms with Crippen molar-refractivity contribution in [2.45, 2.75) is 12.6 Å². The molecule has 0 amide bonds. The van der Waals surface area contributed by atoms with E-state index in [2.05, 4.69) is 13.2 Å². The molecule has 0 heterocycles. The number of nitro benzene ring substituents is 1. The molecule has 0 saturated heterocycles. The van der Waals surface area contributed by atoms with Gasteiger partial charge in [-0.2, -0.15) is 0 Å². The van der Waals surface area contributed by atoms with Crippen molar-refractivity contribution >= 4 is 17.9 Å². The van der Waals surface area contributed by atoms with Crippen molar-refractivity contribution in [1.29, 1.82) is 0 Å². The number of hydrogen-bond acceptors (Lipinski definition) is 2. The minimum Gasteiger partial charge on any atom is -0.258 e. The van der Waals surface area contributed by atoms with Gasteiger partial charge in [-0.15, -0.1) is 13.2 Å². The Morgan fingerprint density at radius 1 is 1.19 bits per heavy atom. The summed E-state index contributed by atoms with van der Waals surface area (Å²) in [5.41, 5.74) is 1.21. The van der Waals surface area contributed by atoms with Gasteiger partial charge in [0.1, 0.15) is 0 Å². The zero-order valence-electron chi connectivity index (χ0n) is 9.13. The van der Waals surface area contributed by atoms with Gasteiger partial charge in [0.05, 0.1) is 4.92 Å². The van der Waals surface area contributed by atoms with Crippen molar-refractivity contribution in [1.82, 2.24) is 0 Å². The van der Waals surface area contributed by atoms with Crippen LogP contribution in [0.1, 0.15) is 0 Å². The first-order valence-electron chi connectivity index (χ1n) is 5.15. The summed E-state index contributed by atoms with van der Waals surface area (Å²) >= 11 is 0. The van der Waals surface area contributed by atoms with Crippen LogP contribution < -0.4 is 5.46 Å². The summed E-state index contributed by atoms with van der Waals surface area (Å²) in [7, 11) is 0. The summed E-state index contributed by atoms with van der Waals surface area (Å²) in [6.45, 7) is 7.74. The molecule has 0 unspecified atom stereocenters. The number of rotatable bonds is 6. The molecule has 1 aromatic rings. The molecule has 1 rings (SSSR count). The van der Waals surface area contributed by atoms with Crippen molar-refractivity contribution in [3.8, 4) is 0 Å². The van der Waals surface area contributed by atoms with Gasteiger partial charge >= 0.3 is 0 Å². The Labute approximate surface area is 95.7 Å². The molecule has 0 aromatic heterocycles. The van der Waals surface area contributed by atoms with Gasteiger partial charge in [0.2, 0.25) is 0 Å². The lowest BCUT2D eigenvalue weighted by molar-refractivity contribution is -0.384. The van der Waals surface area contributed by atoms with Crippen LogP contribution in [0.25, 0.3) is 0 Å². The van der Waals surface area contributed by atoms with Crippen LogP contribution in [0.15, 0.2) is 49.6 Å². The highest BCUT2D eigenvalue weighted by Gasteiger charge is 2.14. The zero-order valence-corrected chi connectivity index (χ0v) is 9.13. The van der Waals surface area contributed by atoms with Gasteiger partial charge in [0, 0.05) is 12.1 Å². The van der Waals surface area contributed by atoms with Crippen LogP contribution in [0.2, 0.25) is 12.6 Å². The molecular weight excluding hydrogens is 201 g/mol. The van der Waals surface area contributed by atoms with Crippen molar-refractivity contribution in [3.63, 3.8) is 0 Å². The Morgan fingerprint density at radius 2 is 1.69 bits per heavy atom. The van der Waals surface area contributed by atoms with E-state index < -0.39 is 0 Å². The van der Waals surface area contributed by atoms with E-state index in [-0.39, 0.29) is 10.6 Å². The lowest BCUT2D eigenvalue weighted by Gasteiger charge is -2.08. The molecule has 0 aliphatic rings. The van der Waals surface area contributed by atoms with Gasteiger partial charge in [0.25, 0.3) is 5.69 Å². The molecule has 0 aliphatic heterocycles. The predicted octanol–water partition coefficient (Wildman–Crippen LogP) is 2.67.